The molecule has 0 amide bonds. The molecule has 2 aliphatic rings. The van der Waals surface area contributed by atoms with Gasteiger partial charge < -0.3 is 0 Å². The maximum Gasteiger partial charge on any atom is 0.131 e. The minimum absolute atomic E-state index is 0.0645. The Bertz CT molecular complexity index is 754. The van der Waals surface area contributed by atoms with Gasteiger partial charge in [0.05, 0.1) is 0 Å². The third-order valence-electron chi connectivity index (χ3n) is 7.19. The maximum atomic E-state index is 14.9. The molecule has 0 N–H and O–H groups in total. The van der Waals surface area contributed by atoms with E-state index in [9.17, 15) is 4.39 Å². The largest absolute Gasteiger partial charge is 0.206 e. The van der Waals surface area contributed by atoms with E-state index < -0.39 is 0 Å². The van der Waals surface area contributed by atoms with Crippen LogP contribution in [-0.2, 0) is 0 Å². The summed E-state index contributed by atoms with van der Waals surface area (Å²) in [6.07, 6.45) is 10.2. The summed E-state index contributed by atoms with van der Waals surface area (Å²) in [7, 11) is 4.69. The van der Waals surface area contributed by atoms with Crippen molar-refractivity contribution in [3.05, 3.63) is 59.4 Å². The van der Waals surface area contributed by atoms with Crippen LogP contribution in [0.5, 0.6) is 0 Å². The van der Waals surface area contributed by atoms with E-state index in [-0.39, 0.29) is 5.82 Å². The molecule has 0 saturated heterocycles. The molecule has 2 fully saturated rings. The topological polar surface area (TPSA) is 0 Å². The fourth-order valence-corrected chi connectivity index (χ4v) is 5.14. The summed E-state index contributed by atoms with van der Waals surface area (Å²) in [4.78, 5) is 0. The van der Waals surface area contributed by atoms with Crippen LogP contribution in [0, 0.1) is 5.82 Å². The molecular formula is C24H31B2F. The van der Waals surface area contributed by atoms with Crippen LogP contribution in [0.2, 0.25) is 11.6 Å². The van der Waals surface area contributed by atoms with Gasteiger partial charge in [-0.1, -0.05) is 73.7 Å². The van der Waals surface area contributed by atoms with Gasteiger partial charge in [0, 0.05) is 5.56 Å². The summed E-state index contributed by atoms with van der Waals surface area (Å²) in [6, 6.07) is 14.7. The van der Waals surface area contributed by atoms with E-state index in [4.69, 9.17) is 0 Å². The van der Waals surface area contributed by atoms with Crippen molar-refractivity contribution in [3.63, 3.8) is 0 Å². The predicted octanol–water partition coefficient (Wildman–Crippen LogP) is 5.65. The number of rotatable bonds is 3. The van der Waals surface area contributed by atoms with Crippen LogP contribution in [0.3, 0.4) is 0 Å². The van der Waals surface area contributed by atoms with Crippen molar-refractivity contribution in [2.24, 2.45) is 0 Å². The molecule has 0 unspecified atom stereocenters. The second kappa shape index (κ2) is 8.25. The van der Waals surface area contributed by atoms with Crippen LogP contribution in [0.25, 0.3) is 11.1 Å². The minimum atomic E-state index is -0.0645. The SMILES string of the molecule is BC1CCC(c2ccc(-c3ccc(C4CCC(B)CC4)cc3F)cc2)CC1. The fraction of sp³-hybridized carbons (Fsp3) is 0.500. The highest BCUT2D eigenvalue weighted by atomic mass is 19.1. The summed E-state index contributed by atoms with van der Waals surface area (Å²) in [6.45, 7) is 0. The van der Waals surface area contributed by atoms with Crippen molar-refractivity contribution >= 4 is 15.7 Å². The fourth-order valence-electron chi connectivity index (χ4n) is 5.14. The van der Waals surface area contributed by atoms with Gasteiger partial charge in [-0.2, -0.15) is 0 Å². The zero-order chi connectivity index (χ0) is 18.8. The highest BCUT2D eigenvalue weighted by Crippen LogP contribution is 2.39. The van der Waals surface area contributed by atoms with Gasteiger partial charge in [0.15, 0.2) is 0 Å². The van der Waals surface area contributed by atoms with Gasteiger partial charge in [-0.3, -0.25) is 0 Å². The molecule has 0 spiro atoms. The molecule has 3 heteroatoms. The predicted molar refractivity (Wildman–Crippen MR) is 119 cm³/mol. The lowest BCUT2D eigenvalue weighted by Gasteiger charge is -2.27. The van der Waals surface area contributed by atoms with Gasteiger partial charge in [-0.25, -0.2) is 4.39 Å². The number of hydrogen-bond acceptors (Lipinski definition) is 0. The second-order valence-corrected chi connectivity index (χ2v) is 9.27. The van der Waals surface area contributed by atoms with Crippen molar-refractivity contribution in [2.75, 3.05) is 0 Å². The maximum absolute atomic E-state index is 14.9. The van der Waals surface area contributed by atoms with Gasteiger partial charge in [-0.05, 0) is 60.3 Å². The summed E-state index contributed by atoms with van der Waals surface area (Å²) in [5, 5.41) is 0. The van der Waals surface area contributed by atoms with Crippen LogP contribution in [0.1, 0.15) is 74.3 Å². The Morgan fingerprint density at radius 3 is 1.63 bits per heavy atom. The van der Waals surface area contributed by atoms with Crippen LogP contribution in [0.4, 0.5) is 4.39 Å². The molecule has 2 aliphatic carbocycles. The van der Waals surface area contributed by atoms with Crippen LogP contribution in [0.15, 0.2) is 42.5 Å². The molecule has 0 nitrogen and oxygen atoms in total. The first-order valence-corrected chi connectivity index (χ1v) is 11.0. The van der Waals surface area contributed by atoms with Crippen molar-refractivity contribution in [3.8, 4) is 11.1 Å². The molecule has 2 saturated carbocycles. The molecular weight excluding hydrogens is 329 g/mol. The molecule has 27 heavy (non-hydrogen) atoms. The Morgan fingerprint density at radius 2 is 1.11 bits per heavy atom. The van der Waals surface area contributed by atoms with E-state index in [1.54, 1.807) is 6.07 Å². The lowest BCUT2D eigenvalue weighted by atomic mass is 9.70. The zero-order valence-corrected chi connectivity index (χ0v) is 16.9. The molecule has 0 aromatic heterocycles. The first-order valence-electron chi connectivity index (χ1n) is 11.0. The van der Waals surface area contributed by atoms with Crippen molar-refractivity contribution in [1.29, 1.82) is 0 Å². The Morgan fingerprint density at radius 1 is 0.630 bits per heavy atom. The van der Waals surface area contributed by atoms with Gasteiger partial charge >= 0.3 is 0 Å². The second-order valence-electron chi connectivity index (χ2n) is 9.27. The highest BCUT2D eigenvalue weighted by molar-refractivity contribution is 6.11. The number of hydrogen-bond donors (Lipinski definition) is 0. The minimum Gasteiger partial charge on any atom is -0.206 e. The van der Waals surface area contributed by atoms with E-state index in [2.05, 4.69) is 46.0 Å². The van der Waals surface area contributed by atoms with Crippen LogP contribution in [-0.4, -0.2) is 15.7 Å². The van der Waals surface area contributed by atoms with Crippen LogP contribution < -0.4 is 0 Å². The van der Waals surface area contributed by atoms with E-state index in [1.165, 1.54) is 62.5 Å². The first-order chi connectivity index (χ1) is 13.1. The lowest BCUT2D eigenvalue weighted by Crippen LogP contribution is -2.10. The third kappa shape index (κ3) is 4.33. The summed E-state index contributed by atoms with van der Waals surface area (Å²) in [5.74, 6) is 2.87. The summed E-state index contributed by atoms with van der Waals surface area (Å²) < 4.78 is 14.9. The lowest BCUT2D eigenvalue weighted by molar-refractivity contribution is 0.442. The van der Waals surface area contributed by atoms with Crippen LogP contribution >= 0.6 is 0 Å². The Hall–Kier alpha value is -1.50. The van der Waals surface area contributed by atoms with E-state index in [1.807, 2.05) is 6.07 Å². The Labute approximate surface area is 165 Å². The molecule has 4 rings (SSSR count). The van der Waals surface area contributed by atoms with Gasteiger partial charge in [-0.15, -0.1) is 0 Å². The standard InChI is InChI=1S/C24H31B2F/c25-21-10-5-17(6-11-21)16-1-3-19(4-2-16)23-14-9-20(15-24(23)27)18-7-12-22(26)13-8-18/h1-4,9,14-15,17-18,21-22H,5-8,10-13,25-26H2. The third-order valence-corrected chi connectivity index (χ3v) is 7.19. The molecule has 0 radical (unpaired) electrons. The average Bonchev–Trinajstić information content (AvgIpc) is 2.69. The molecule has 0 heterocycles. The van der Waals surface area contributed by atoms with Crippen molar-refractivity contribution in [1.82, 2.24) is 0 Å². The quantitative estimate of drug-likeness (QED) is 0.621. The molecule has 0 aliphatic heterocycles. The van der Waals surface area contributed by atoms with Gasteiger partial charge in [0.1, 0.15) is 21.5 Å². The smallest absolute Gasteiger partial charge is 0.131 e. The molecule has 140 valence electrons. The summed E-state index contributed by atoms with van der Waals surface area (Å²) >= 11 is 0. The van der Waals surface area contributed by atoms with E-state index in [0.29, 0.717) is 11.8 Å². The first kappa shape index (κ1) is 18.8. The monoisotopic (exact) mass is 360 g/mol. The molecule has 2 aromatic carbocycles. The normalized spacial score (nSPS) is 28.8. The Kier molecular flexibility index (Phi) is 5.76. The Balaban J connectivity index is 1.48. The highest BCUT2D eigenvalue weighted by Gasteiger charge is 2.22. The number of benzene rings is 2. The zero-order valence-electron chi connectivity index (χ0n) is 16.9. The van der Waals surface area contributed by atoms with Crippen molar-refractivity contribution in [2.45, 2.75) is 74.8 Å². The van der Waals surface area contributed by atoms with E-state index >= 15 is 0 Å². The molecule has 2 aromatic rings. The number of halogens is 1. The van der Waals surface area contributed by atoms with Crippen molar-refractivity contribution < 1.29 is 4.39 Å². The molecule has 0 bridgehead atoms. The van der Waals surface area contributed by atoms with E-state index in [0.717, 1.165) is 22.8 Å². The van der Waals surface area contributed by atoms with Gasteiger partial charge in [0.25, 0.3) is 0 Å². The average molecular weight is 360 g/mol. The summed E-state index contributed by atoms with van der Waals surface area (Å²) in [5.41, 5.74) is 4.37. The van der Waals surface area contributed by atoms with Gasteiger partial charge in [0.2, 0.25) is 0 Å². The molecule has 0 atom stereocenters.